The van der Waals surface area contributed by atoms with Crippen LogP contribution in [0.4, 0.5) is 0 Å². The number of halogens is 1. The Morgan fingerprint density at radius 2 is 1.89 bits per heavy atom. The zero-order valence-corrected chi connectivity index (χ0v) is 12.0. The normalized spacial score (nSPS) is 17.4. The molecule has 0 saturated heterocycles. The van der Waals surface area contributed by atoms with Gasteiger partial charge in [0.2, 0.25) is 5.91 Å². The topological polar surface area (TPSA) is 40.5 Å². The SMILES string of the molecule is CN(Cc1ccc(Cl)cc1)C(=O)CC1(O)CCCC1. The van der Waals surface area contributed by atoms with Crippen LogP contribution in [0.5, 0.6) is 0 Å². The van der Waals surface area contributed by atoms with Crippen molar-refractivity contribution in [1.29, 1.82) is 0 Å². The van der Waals surface area contributed by atoms with Gasteiger partial charge in [0.25, 0.3) is 0 Å². The van der Waals surface area contributed by atoms with Crippen LogP contribution in [-0.2, 0) is 11.3 Å². The van der Waals surface area contributed by atoms with Gasteiger partial charge in [-0.3, -0.25) is 4.79 Å². The highest BCUT2D eigenvalue weighted by Crippen LogP contribution is 2.32. The summed E-state index contributed by atoms with van der Waals surface area (Å²) in [6.45, 7) is 0.548. The molecule has 0 spiro atoms. The molecule has 1 N–H and O–H groups in total. The van der Waals surface area contributed by atoms with Gasteiger partial charge in [0.1, 0.15) is 0 Å². The van der Waals surface area contributed by atoms with Crippen molar-refractivity contribution in [1.82, 2.24) is 4.90 Å². The van der Waals surface area contributed by atoms with Gasteiger partial charge in [-0.2, -0.15) is 0 Å². The van der Waals surface area contributed by atoms with Gasteiger partial charge in [-0.15, -0.1) is 0 Å². The van der Waals surface area contributed by atoms with Gasteiger partial charge in [-0.05, 0) is 30.5 Å². The van der Waals surface area contributed by atoms with Gasteiger partial charge in [-0.25, -0.2) is 0 Å². The van der Waals surface area contributed by atoms with E-state index < -0.39 is 5.60 Å². The summed E-state index contributed by atoms with van der Waals surface area (Å²) in [5.41, 5.74) is 0.268. The van der Waals surface area contributed by atoms with Crippen LogP contribution in [0.2, 0.25) is 5.02 Å². The smallest absolute Gasteiger partial charge is 0.225 e. The molecule has 3 nitrogen and oxygen atoms in total. The predicted molar refractivity (Wildman–Crippen MR) is 76.0 cm³/mol. The second kappa shape index (κ2) is 5.93. The molecular weight excluding hydrogens is 262 g/mol. The maximum atomic E-state index is 12.1. The molecule has 0 heterocycles. The molecule has 19 heavy (non-hydrogen) atoms. The number of amides is 1. The molecule has 1 aliphatic rings. The highest BCUT2D eigenvalue weighted by Gasteiger charge is 2.34. The van der Waals surface area contributed by atoms with E-state index in [0.29, 0.717) is 11.6 Å². The van der Waals surface area contributed by atoms with E-state index >= 15 is 0 Å². The first-order chi connectivity index (χ1) is 8.98. The van der Waals surface area contributed by atoms with Gasteiger partial charge < -0.3 is 10.0 Å². The number of rotatable bonds is 4. The Balaban J connectivity index is 1.90. The molecule has 4 heteroatoms. The molecule has 104 valence electrons. The Morgan fingerprint density at radius 3 is 2.47 bits per heavy atom. The fourth-order valence-corrected chi connectivity index (χ4v) is 2.70. The van der Waals surface area contributed by atoms with Crippen LogP contribution in [0.3, 0.4) is 0 Å². The van der Waals surface area contributed by atoms with Crippen molar-refractivity contribution in [2.75, 3.05) is 7.05 Å². The average molecular weight is 282 g/mol. The lowest BCUT2D eigenvalue weighted by Gasteiger charge is -2.25. The maximum absolute atomic E-state index is 12.1. The van der Waals surface area contributed by atoms with E-state index in [1.807, 2.05) is 24.3 Å². The molecule has 0 radical (unpaired) electrons. The first-order valence-corrected chi connectivity index (χ1v) is 7.07. The number of carbonyl (C=O) groups is 1. The quantitative estimate of drug-likeness (QED) is 0.922. The summed E-state index contributed by atoms with van der Waals surface area (Å²) in [7, 11) is 1.77. The Labute approximate surface area is 119 Å². The zero-order chi connectivity index (χ0) is 13.9. The molecular formula is C15H20ClNO2. The van der Waals surface area contributed by atoms with E-state index in [1.54, 1.807) is 11.9 Å². The van der Waals surface area contributed by atoms with Gasteiger partial charge in [0, 0.05) is 18.6 Å². The maximum Gasteiger partial charge on any atom is 0.225 e. The largest absolute Gasteiger partial charge is 0.389 e. The Bertz CT molecular complexity index is 438. The monoisotopic (exact) mass is 281 g/mol. The Hall–Kier alpha value is -1.06. The minimum atomic E-state index is -0.772. The van der Waals surface area contributed by atoms with Gasteiger partial charge in [-0.1, -0.05) is 36.6 Å². The van der Waals surface area contributed by atoms with E-state index in [9.17, 15) is 9.90 Å². The van der Waals surface area contributed by atoms with Gasteiger partial charge in [0.15, 0.2) is 0 Å². The van der Waals surface area contributed by atoms with Crippen molar-refractivity contribution in [3.63, 3.8) is 0 Å². The van der Waals surface area contributed by atoms with Gasteiger partial charge in [0.05, 0.1) is 12.0 Å². The van der Waals surface area contributed by atoms with Gasteiger partial charge >= 0.3 is 0 Å². The molecule has 1 fully saturated rings. The molecule has 0 bridgehead atoms. The number of benzene rings is 1. The molecule has 1 aromatic rings. The summed E-state index contributed by atoms with van der Waals surface area (Å²) in [5, 5.41) is 10.9. The van der Waals surface area contributed by atoms with Crippen molar-refractivity contribution < 1.29 is 9.90 Å². The number of hydrogen-bond acceptors (Lipinski definition) is 2. The lowest BCUT2D eigenvalue weighted by Crippen LogP contribution is -2.35. The van der Waals surface area contributed by atoms with Crippen molar-refractivity contribution in [3.8, 4) is 0 Å². The van der Waals surface area contributed by atoms with Crippen molar-refractivity contribution in [2.24, 2.45) is 0 Å². The van der Waals surface area contributed by atoms with Crippen LogP contribution in [-0.4, -0.2) is 28.6 Å². The molecule has 1 aliphatic carbocycles. The second-order valence-corrected chi connectivity index (χ2v) is 5.92. The highest BCUT2D eigenvalue weighted by molar-refractivity contribution is 6.30. The van der Waals surface area contributed by atoms with Crippen LogP contribution in [0, 0.1) is 0 Å². The number of aliphatic hydroxyl groups is 1. The summed E-state index contributed by atoms with van der Waals surface area (Å²) in [6, 6.07) is 7.46. The molecule has 0 aliphatic heterocycles. The third kappa shape index (κ3) is 3.95. The van der Waals surface area contributed by atoms with E-state index in [4.69, 9.17) is 11.6 Å². The first-order valence-electron chi connectivity index (χ1n) is 6.69. The zero-order valence-electron chi connectivity index (χ0n) is 11.2. The fourth-order valence-electron chi connectivity index (χ4n) is 2.58. The Morgan fingerprint density at radius 1 is 1.32 bits per heavy atom. The second-order valence-electron chi connectivity index (χ2n) is 5.48. The molecule has 1 saturated carbocycles. The van der Waals surface area contributed by atoms with E-state index in [1.165, 1.54) is 0 Å². The Kier molecular flexibility index (Phi) is 4.48. The summed E-state index contributed by atoms with van der Waals surface area (Å²) in [6.07, 6.45) is 3.76. The van der Waals surface area contributed by atoms with Crippen molar-refractivity contribution in [2.45, 2.75) is 44.2 Å². The van der Waals surface area contributed by atoms with Crippen LogP contribution in [0.15, 0.2) is 24.3 Å². The van der Waals surface area contributed by atoms with E-state index in [2.05, 4.69) is 0 Å². The number of hydrogen-bond donors (Lipinski definition) is 1. The minimum Gasteiger partial charge on any atom is -0.389 e. The van der Waals surface area contributed by atoms with Crippen molar-refractivity contribution in [3.05, 3.63) is 34.9 Å². The fraction of sp³-hybridized carbons (Fsp3) is 0.533. The molecule has 0 unspecified atom stereocenters. The molecule has 2 rings (SSSR count). The summed E-state index contributed by atoms with van der Waals surface area (Å²) in [4.78, 5) is 13.8. The van der Waals surface area contributed by atoms with Crippen LogP contribution in [0.1, 0.15) is 37.7 Å². The van der Waals surface area contributed by atoms with Crippen LogP contribution >= 0.6 is 11.6 Å². The average Bonchev–Trinajstić information content (AvgIpc) is 2.78. The standard InChI is InChI=1S/C15H20ClNO2/c1-17(11-12-4-6-13(16)7-5-12)14(18)10-15(19)8-2-3-9-15/h4-7,19H,2-3,8-11H2,1H3. The minimum absolute atomic E-state index is 0.000602. The molecule has 0 atom stereocenters. The van der Waals surface area contributed by atoms with E-state index in [0.717, 1.165) is 31.2 Å². The third-order valence-corrected chi connectivity index (χ3v) is 4.03. The summed E-state index contributed by atoms with van der Waals surface area (Å²) in [5.74, 6) is -0.000602. The molecule has 1 amide bonds. The van der Waals surface area contributed by atoms with E-state index in [-0.39, 0.29) is 12.3 Å². The lowest BCUT2D eigenvalue weighted by molar-refractivity contribution is -0.135. The first kappa shape index (κ1) is 14.4. The predicted octanol–water partition coefficient (Wildman–Crippen LogP) is 2.99. The summed E-state index contributed by atoms with van der Waals surface area (Å²) < 4.78 is 0. The van der Waals surface area contributed by atoms with Crippen molar-refractivity contribution >= 4 is 17.5 Å². The highest BCUT2D eigenvalue weighted by atomic mass is 35.5. The van der Waals surface area contributed by atoms with Crippen LogP contribution in [0.25, 0.3) is 0 Å². The third-order valence-electron chi connectivity index (χ3n) is 3.77. The number of carbonyl (C=O) groups excluding carboxylic acids is 1. The van der Waals surface area contributed by atoms with Crippen LogP contribution < -0.4 is 0 Å². The molecule has 1 aromatic carbocycles. The lowest BCUT2D eigenvalue weighted by atomic mass is 9.97. The summed E-state index contributed by atoms with van der Waals surface area (Å²) >= 11 is 5.83. The molecule has 0 aromatic heterocycles. The number of nitrogens with zero attached hydrogens (tertiary/aromatic N) is 1.